The van der Waals surface area contributed by atoms with Crippen LogP contribution in [0.2, 0.25) is 0 Å². The average Bonchev–Trinajstić information content (AvgIpc) is 3.07. The third-order valence-electron chi connectivity index (χ3n) is 2.73. The molecular formula is C13H16N4O3. The average molecular weight is 276 g/mol. The molecule has 2 rings (SSSR count). The number of nitrogens with zero attached hydrogens (tertiary/aromatic N) is 2. The molecule has 7 heteroatoms. The molecule has 0 saturated heterocycles. The summed E-state index contributed by atoms with van der Waals surface area (Å²) in [6, 6.07) is 5.16. The molecule has 20 heavy (non-hydrogen) atoms. The molecule has 0 aliphatic rings. The Labute approximate surface area is 116 Å². The first-order chi connectivity index (χ1) is 9.66. The predicted octanol–water partition coefficient (Wildman–Crippen LogP) is 0.449. The number of aryl methyl sites for hydroxylation is 1. The summed E-state index contributed by atoms with van der Waals surface area (Å²) in [5.41, 5.74) is 0.459. The number of furan rings is 1. The lowest BCUT2D eigenvalue weighted by Crippen LogP contribution is -2.31. The molecule has 2 heterocycles. The van der Waals surface area contributed by atoms with Crippen LogP contribution < -0.4 is 10.6 Å². The fourth-order valence-corrected chi connectivity index (χ4v) is 1.66. The summed E-state index contributed by atoms with van der Waals surface area (Å²) in [5.74, 6) is 0.299. The minimum atomic E-state index is -0.246. The summed E-state index contributed by atoms with van der Waals surface area (Å²) < 4.78 is 6.57. The normalized spacial score (nSPS) is 10.2. The Morgan fingerprint density at radius 1 is 1.35 bits per heavy atom. The van der Waals surface area contributed by atoms with Crippen LogP contribution in [-0.4, -0.2) is 28.1 Å². The zero-order valence-electron chi connectivity index (χ0n) is 11.1. The standard InChI is InChI=1S/C13H16N4O3/c1-17-11(4-7-16-17)13(19)14-6-5-12(18)15-9-10-3-2-8-20-10/h2-4,7-8H,5-6,9H2,1H3,(H,14,19)(H,15,18). The third kappa shape index (κ3) is 3.71. The van der Waals surface area contributed by atoms with Crippen molar-refractivity contribution in [3.8, 4) is 0 Å². The lowest BCUT2D eigenvalue weighted by molar-refractivity contribution is -0.121. The van der Waals surface area contributed by atoms with E-state index in [-0.39, 0.29) is 24.8 Å². The molecule has 0 unspecified atom stereocenters. The van der Waals surface area contributed by atoms with Crippen LogP contribution in [0.25, 0.3) is 0 Å². The second-order valence-electron chi connectivity index (χ2n) is 4.20. The summed E-state index contributed by atoms with van der Waals surface area (Å²) >= 11 is 0. The van der Waals surface area contributed by atoms with Gasteiger partial charge in [0.15, 0.2) is 0 Å². The fraction of sp³-hybridized carbons (Fsp3) is 0.308. The summed E-state index contributed by atoms with van der Waals surface area (Å²) in [7, 11) is 1.69. The van der Waals surface area contributed by atoms with E-state index in [1.807, 2.05) is 0 Å². The Morgan fingerprint density at radius 2 is 2.20 bits per heavy atom. The molecule has 0 atom stereocenters. The first-order valence-electron chi connectivity index (χ1n) is 6.22. The van der Waals surface area contributed by atoms with Crippen molar-refractivity contribution in [2.75, 3.05) is 6.54 Å². The zero-order valence-corrected chi connectivity index (χ0v) is 11.1. The molecule has 2 amide bonds. The molecule has 2 aromatic heterocycles. The molecule has 0 aliphatic heterocycles. The molecule has 0 aromatic carbocycles. The number of nitrogens with one attached hydrogen (secondary N) is 2. The molecule has 0 saturated carbocycles. The van der Waals surface area contributed by atoms with Gasteiger partial charge in [0, 0.05) is 26.2 Å². The van der Waals surface area contributed by atoms with Crippen LogP contribution in [0.1, 0.15) is 22.7 Å². The van der Waals surface area contributed by atoms with Crippen LogP contribution in [0.15, 0.2) is 35.1 Å². The molecule has 0 fully saturated rings. The van der Waals surface area contributed by atoms with Crippen LogP contribution in [-0.2, 0) is 18.4 Å². The number of aromatic nitrogens is 2. The van der Waals surface area contributed by atoms with Crippen molar-refractivity contribution in [3.05, 3.63) is 42.1 Å². The van der Waals surface area contributed by atoms with E-state index in [0.29, 0.717) is 18.0 Å². The molecule has 2 N–H and O–H groups in total. The van der Waals surface area contributed by atoms with Crippen molar-refractivity contribution in [2.45, 2.75) is 13.0 Å². The monoisotopic (exact) mass is 276 g/mol. The first-order valence-corrected chi connectivity index (χ1v) is 6.22. The minimum absolute atomic E-state index is 0.147. The molecule has 0 radical (unpaired) electrons. The maximum atomic E-state index is 11.7. The fourth-order valence-electron chi connectivity index (χ4n) is 1.66. The largest absolute Gasteiger partial charge is 0.467 e. The Balaban J connectivity index is 1.66. The van der Waals surface area contributed by atoms with Crippen molar-refractivity contribution in [1.82, 2.24) is 20.4 Å². The van der Waals surface area contributed by atoms with E-state index in [0.717, 1.165) is 0 Å². The van der Waals surface area contributed by atoms with Crippen LogP contribution in [0.3, 0.4) is 0 Å². The van der Waals surface area contributed by atoms with E-state index in [1.54, 1.807) is 37.7 Å². The van der Waals surface area contributed by atoms with E-state index in [4.69, 9.17) is 4.42 Å². The van der Waals surface area contributed by atoms with Crippen molar-refractivity contribution in [1.29, 1.82) is 0 Å². The predicted molar refractivity (Wildman–Crippen MR) is 70.7 cm³/mol. The van der Waals surface area contributed by atoms with Gasteiger partial charge in [0.1, 0.15) is 11.5 Å². The molecule has 7 nitrogen and oxygen atoms in total. The summed E-state index contributed by atoms with van der Waals surface area (Å²) in [4.78, 5) is 23.3. The molecule has 0 spiro atoms. The summed E-state index contributed by atoms with van der Waals surface area (Å²) in [6.07, 6.45) is 3.31. The van der Waals surface area contributed by atoms with Crippen molar-refractivity contribution in [2.24, 2.45) is 7.05 Å². The topological polar surface area (TPSA) is 89.2 Å². The maximum absolute atomic E-state index is 11.7. The van der Waals surface area contributed by atoms with E-state index in [2.05, 4.69) is 15.7 Å². The molecule has 0 aliphatic carbocycles. The lowest BCUT2D eigenvalue weighted by atomic mass is 10.3. The number of hydrogen-bond donors (Lipinski definition) is 2. The van der Waals surface area contributed by atoms with E-state index in [1.165, 1.54) is 4.68 Å². The molecular weight excluding hydrogens is 260 g/mol. The maximum Gasteiger partial charge on any atom is 0.269 e. The van der Waals surface area contributed by atoms with E-state index < -0.39 is 0 Å². The smallest absolute Gasteiger partial charge is 0.269 e. The highest BCUT2D eigenvalue weighted by molar-refractivity contribution is 5.92. The Kier molecular flexibility index (Phi) is 4.54. The number of carbonyl (C=O) groups is 2. The molecule has 106 valence electrons. The quantitative estimate of drug-likeness (QED) is 0.801. The first kappa shape index (κ1) is 13.9. The highest BCUT2D eigenvalue weighted by Gasteiger charge is 2.09. The Bertz CT molecular complexity index is 574. The molecule has 0 bridgehead atoms. The van der Waals surface area contributed by atoms with Gasteiger partial charge in [-0.2, -0.15) is 5.10 Å². The highest BCUT2D eigenvalue weighted by atomic mass is 16.3. The second-order valence-corrected chi connectivity index (χ2v) is 4.20. The number of hydrogen-bond acceptors (Lipinski definition) is 4. The lowest BCUT2D eigenvalue weighted by Gasteiger charge is -2.06. The van der Waals surface area contributed by atoms with Crippen LogP contribution in [0, 0.1) is 0 Å². The Morgan fingerprint density at radius 3 is 2.85 bits per heavy atom. The second kappa shape index (κ2) is 6.55. The van der Waals surface area contributed by atoms with Gasteiger partial charge in [-0.15, -0.1) is 0 Å². The zero-order chi connectivity index (χ0) is 14.4. The van der Waals surface area contributed by atoms with Gasteiger partial charge in [-0.25, -0.2) is 0 Å². The Hall–Kier alpha value is -2.57. The van der Waals surface area contributed by atoms with Crippen LogP contribution in [0.4, 0.5) is 0 Å². The number of rotatable bonds is 6. The van der Waals surface area contributed by atoms with Gasteiger partial charge < -0.3 is 15.1 Å². The van der Waals surface area contributed by atoms with Crippen molar-refractivity contribution < 1.29 is 14.0 Å². The van der Waals surface area contributed by atoms with E-state index >= 15 is 0 Å². The molecule has 2 aromatic rings. The van der Waals surface area contributed by atoms with Crippen LogP contribution in [0.5, 0.6) is 0 Å². The van der Waals surface area contributed by atoms with Gasteiger partial charge >= 0.3 is 0 Å². The summed E-state index contributed by atoms with van der Waals surface area (Å²) in [5, 5.41) is 9.27. The number of carbonyl (C=O) groups excluding carboxylic acids is 2. The van der Waals surface area contributed by atoms with Gasteiger partial charge in [-0.05, 0) is 18.2 Å². The number of amides is 2. The van der Waals surface area contributed by atoms with Crippen molar-refractivity contribution in [3.63, 3.8) is 0 Å². The highest BCUT2D eigenvalue weighted by Crippen LogP contribution is 1.99. The van der Waals surface area contributed by atoms with Gasteiger partial charge in [-0.1, -0.05) is 0 Å². The van der Waals surface area contributed by atoms with E-state index in [9.17, 15) is 9.59 Å². The van der Waals surface area contributed by atoms with Crippen LogP contribution >= 0.6 is 0 Å². The van der Waals surface area contributed by atoms with Gasteiger partial charge in [-0.3, -0.25) is 14.3 Å². The van der Waals surface area contributed by atoms with Gasteiger partial charge in [0.25, 0.3) is 5.91 Å². The summed E-state index contributed by atoms with van der Waals surface area (Å²) in [6.45, 7) is 0.621. The van der Waals surface area contributed by atoms with Crippen molar-refractivity contribution >= 4 is 11.8 Å². The van der Waals surface area contributed by atoms with Gasteiger partial charge in [0.2, 0.25) is 5.91 Å². The SMILES string of the molecule is Cn1nccc1C(=O)NCCC(=O)NCc1ccco1. The van der Waals surface area contributed by atoms with Gasteiger partial charge in [0.05, 0.1) is 12.8 Å². The third-order valence-corrected chi connectivity index (χ3v) is 2.73. The minimum Gasteiger partial charge on any atom is -0.467 e.